The first-order chi connectivity index (χ1) is 8.70. The van der Waals surface area contributed by atoms with Gasteiger partial charge in [0.15, 0.2) is 6.10 Å². The summed E-state index contributed by atoms with van der Waals surface area (Å²) < 4.78 is 23.6. The fourth-order valence-electron chi connectivity index (χ4n) is 1.67. The van der Waals surface area contributed by atoms with Gasteiger partial charge in [0.05, 0.1) is 19.8 Å². The first kappa shape index (κ1) is 12.9. The molecular formula is C12H15FN2O3. The summed E-state index contributed by atoms with van der Waals surface area (Å²) in [5, 5.41) is 2.65. The molecule has 0 aromatic heterocycles. The van der Waals surface area contributed by atoms with Crippen LogP contribution in [0, 0.1) is 5.82 Å². The summed E-state index contributed by atoms with van der Waals surface area (Å²) in [6.45, 7) is 1.21. The van der Waals surface area contributed by atoms with Crippen molar-refractivity contribution in [1.82, 2.24) is 0 Å². The Morgan fingerprint density at radius 2 is 2.33 bits per heavy atom. The summed E-state index contributed by atoms with van der Waals surface area (Å²) in [6.07, 6.45) is -0.620. The monoisotopic (exact) mass is 254 g/mol. The number of rotatable bonds is 3. The van der Waals surface area contributed by atoms with E-state index in [4.69, 9.17) is 15.2 Å². The molecule has 0 saturated carbocycles. The minimum absolute atomic E-state index is 0.0819. The van der Waals surface area contributed by atoms with E-state index in [0.717, 1.165) is 0 Å². The lowest BCUT2D eigenvalue weighted by atomic mass is 10.2. The Kier molecular flexibility index (Phi) is 4.24. The molecule has 0 radical (unpaired) electrons. The molecule has 1 aliphatic heterocycles. The summed E-state index contributed by atoms with van der Waals surface area (Å²) in [4.78, 5) is 11.8. The number of anilines is 1. The molecule has 1 amide bonds. The maximum Gasteiger partial charge on any atom is 0.255 e. The first-order valence-electron chi connectivity index (χ1n) is 5.69. The van der Waals surface area contributed by atoms with Crippen LogP contribution in [0.5, 0.6) is 0 Å². The van der Waals surface area contributed by atoms with Crippen molar-refractivity contribution < 1.29 is 18.7 Å². The molecule has 0 bridgehead atoms. The lowest BCUT2D eigenvalue weighted by molar-refractivity contribution is -0.142. The summed E-state index contributed by atoms with van der Waals surface area (Å²) >= 11 is 0. The highest BCUT2D eigenvalue weighted by Crippen LogP contribution is 2.15. The quantitative estimate of drug-likeness (QED) is 0.830. The van der Waals surface area contributed by atoms with E-state index in [0.29, 0.717) is 24.5 Å². The highest BCUT2D eigenvalue weighted by molar-refractivity contribution is 5.94. The molecule has 3 N–H and O–H groups in total. The van der Waals surface area contributed by atoms with Crippen LogP contribution in [0.15, 0.2) is 18.2 Å². The van der Waals surface area contributed by atoms with Crippen molar-refractivity contribution in [2.24, 2.45) is 5.73 Å². The van der Waals surface area contributed by atoms with Gasteiger partial charge < -0.3 is 20.5 Å². The second-order valence-electron chi connectivity index (χ2n) is 3.93. The van der Waals surface area contributed by atoms with Crippen LogP contribution in [-0.2, 0) is 20.8 Å². The zero-order chi connectivity index (χ0) is 13.0. The third kappa shape index (κ3) is 3.04. The predicted molar refractivity (Wildman–Crippen MR) is 63.5 cm³/mol. The van der Waals surface area contributed by atoms with Crippen LogP contribution >= 0.6 is 0 Å². The van der Waals surface area contributed by atoms with Crippen molar-refractivity contribution in [3.63, 3.8) is 0 Å². The topological polar surface area (TPSA) is 73.6 Å². The van der Waals surface area contributed by atoms with E-state index >= 15 is 0 Å². The van der Waals surface area contributed by atoms with Crippen LogP contribution in [0.4, 0.5) is 10.1 Å². The molecule has 1 unspecified atom stereocenters. The second-order valence-corrected chi connectivity index (χ2v) is 3.93. The van der Waals surface area contributed by atoms with E-state index in [1.807, 2.05) is 0 Å². The van der Waals surface area contributed by atoms with E-state index in [-0.39, 0.29) is 24.9 Å². The first-order valence-corrected chi connectivity index (χ1v) is 5.69. The summed E-state index contributed by atoms with van der Waals surface area (Å²) in [6, 6.07) is 4.27. The van der Waals surface area contributed by atoms with Gasteiger partial charge in [-0.2, -0.15) is 0 Å². The van der Waals surface area contributed by atoms with Gasteiger partial charge in [0.1, 0.15) is 5.82 Å². The van der Waals surface area contributed by atoms with Crippen molar-refractivity contribution in [3.05, 3.63) is 29.6 Å². The molecule has 1 saturated heterocycles. The summed E-state index contributed by atoms with van der Waals surface area (Å²) in [5.74, 6) is -0.683. The third-order valence-corrected chi connectivity index (χ3v) is 2.64. The Bertz CT molecular complexity index is 433. The van der Waals surface area contributed by atoms with Crippen molar-refractivity contribution in [3.8, 4) is 0 Å². The normalized spacial score (nSPS) is 19.6. The molecule has 1 aromatic rings. The molecule has 1 fully saturated rings. The zero-order valence-electron chi connectivity index (χ0n) is 9.82. The molecule has 0 aliphatic carbocycles. The highest BCUT2D eigenvalue weighted by atomic mass is 19.1. The average Bonchev–Trinajstić information content (AvgIpc) is 2.42. The average molecular weight is 254 g/mol. The molecule has 5 nitrogen and oxygen atoms in total. The summed E-state index contributed by atoms with van der Waals surface area (Å²) in [7, 11) is 0. The number of hydrogen-bond acceptors (Lipinski definition) is 4. The van der Waals surface area contributed by atoms with Crippen LogP contribution in [-0.4, -0.2) is 31.8 Å². The molecule has 1 aliphatic rings. The summed E-state index contributed by atoms with van der Waals surface area (Å²) in [5.41, 5.74) is 6.25. The maximum absolute atomic E-state index is 13.2. The lowest BCUT2D eigenvalue weighted by Gasteiger charge is -2.22. The van der Waals surface area contributed by atoms with Crippen molar-refractivity contribution >= 4 is 11.6 Å². The zero-order valence-corrected chi connectivity index (χ0v) is 9.82. The van der Waals surface area contributed by atoms with Gasteiger partial charge in [-0.15, -0.1) is 0 Å². The Morgan fingerprint density at radius 1 is 1.50 bits per heavy atom. The van der Waals surface area contributed by atoms with Gasteiger partial charge in [0.2, 0.25) is 0 Å². The maximum atomic E-state index is 13.2. The van der Waals surface area contributed by atoms with Crippen molar-refractivity contribution in [2.45, 2.75) is 12.6 Å². The number of halogens is 1. The van der Waals surface area contributed by atoms with Gasteiger partial charge >= 0.3 is 0 Å². The van der Waals surface area contributed by atoms with E-state index in [2.05, 4.69) is 5.32 Å². The number of nitrogens with one attached hydrogen (secondary N) is 1. The lowest BCUT2D eigenvalue weighted by Crippen LogP contribution is -2.39. The Hall–Kier alpha value is -1.50. The Balaban J connectivity index is 2.02. The molecule has 18 heavy (non-hydrogen) atoms. The molecular weight excluding hydrogens is 239 g/mol. The third-order valence-electron chi connectivity index (χ3n) is 2.64. The number of hydrogen-bond donors (Lipinski definition) is 2. The van der Waals surface area contributed by atoms with Gasteiger partial charge in [-0.3, -0.25) is 4.79 Å². The Morgan fingerprint density at radius 3 is 3.00 bits per heavy atom. The van der Waals surface area contributed by atoms with Crippen LogP contribution < -0.4 is 11.1 Å². The highest BCUT2D eigenvalue weighted by Gasteiger charge is 2.22. The van der Waals surface area contributed by atoms with Gasteiger partial charge in [0, 0.05) is 17.8 Å². The van der Waals surface area contributed by atoms with Gasteiger partial charge in [-0.1, -0.05) is 0 Å². The number of carbonyl (C=O) groups excluding carboxylic acids is 1. The fraction of sp³-hybridized carbons (Fsp3) is 0.417. The van der Waals surface area contributed by atoms with E-state index in [1.54, 1.807) is 0 Å². The number of benzene rings is 1. The molecule has 1 atom stereocenters. The van der Waals surface area contributed by atoms with E-state index in [9.17, 15) is 9.18 Å². The molecule has 0 spiro atoms. The standard InChI is InChI=1S/C12H15FN2O3/c13-10-2-1-9(5-8(10)6-14)15-12(16)11-7-17-3-4-18-11/h1-2,5,11H,3-4,6-7,14H2,(H,15,16). The van der Waals surface area contributed by atoms with Gasteiger partial charge in [-0.25, -0.2) is 4.39 Å². The van der Waals surface area contributed by atoms with Gasteiger partial charge in [-0.05, 0) is 18.2 Å². The number of carbonyl (C=O) groups is 1. The van der Waals surface area contributed by atoms with E-state index in [1.165, 1.54) is 18.2 Å². The van der Waals surface area contributed by atoms with Crippen molar-refractivity contribution in [2.75, 3.05) is 25.1 Å². The SMILES string of the molecule is NCc1cc(NC(=O)C2COCCO2)ccc1F. The molecule has 1 heterocycles. The van der Waals surface area contributed by atoms with Crippen LogP contribution in [0.3, 0.4) is 0 Å². The molecule has 98 valence electrons. The number of nitrogens with two attached hydrogens (primary N) is 1. The van der Waals surface area contributed by atoms with Crippen molar-refractivity contribution in [1.29, 1.82) is 0 Å². The van der Waals surface area contributed by atoms with Crippen LogP contribution in [0.1, 0.15) is 5.56 Å². The number of ether oxygens (including phenoxy) is 2. The fourth-order valence-corrected chi connectivity index (χ4v) is 1.67. The minimum atomic E-state index is -0.620. The van der Waals surface area contributed by atoms with Crippen LogP contribution in [0.2, 0.25) is 0 Å². The van der Waals surface area contributed by atoms with Gasteiger partial charge in [0.25, 0.3) is 5.91 Å². The Labute approximate surface area is 104 Å². The molecule has 1 aromatic carbocycles. The minimum Gasteiger partial charge on any atom is -0.376 e. The smallest absolute Gasteiger partial charge is 0.255 e. The second kappa shape index (κ2) is 5.90. The van der Waals surface area contributed by atoms with E-state index < -0.39 is 6.10 Å². The largest absolute Gasteiger partial charge is 0.376 e. The number of amides is 1. The molecule has 6 heteroatoms. The van der Waals surface area contributed by atoms with Crippen LogP contribution in [0.25, 0.3) is 0 Å². The predicted octanol–water partition coefficient (Wildman–Crippen LogP) is 0.638. The molecule has 2 rings (SSSR count).